The van der Waals surface area contributed by atoms with Gasteiger partial charge in [0.05, 0.1) is 0 Å². The second-order valence-corrected chi connectivity index (χ2v) is 12.4. The molecule has 0 fully saturated rings. The second kappa shape index (κ2) is 10.2. The smallest absolute Gasteiger partial charge is 0.143 e. The molecule has 0 amide bonds. The normalized spacial score (nSPS) is 11.8. The molecular weight excluding hydrogens is 569 g/mol. The van der Waals surface area contributed by atoms with Crippen molar-refractivity contribution in [3.05, 3.63) is 170 Å². The molecule has 10 rings (SSSR count). The third-order valence-corrected chi connectivity index (χ3v) is 9.82. The van der Waals surface area contributed by atoms with E-state index in [0.717, 1.165) is 32.7 Å². The van der Waals surface area contributed by atoms with E-state index in [2.05, 4.69) is 170 Å². The Morgan fingerprint density at radius 1 is 0.255 bits per heavy atom. The molecule has 47 heavy (non-hydrogen) atoms. The van der Waals surface area contributed by atoms with Crippen LogP contribution in [0, 0.1) is 0 Å². The van der Waals surface area contributed by atoms with Gasteiger partial charge in [-0.2, -0.15) is 0 Å². The summed E-state index contributed by atoms with van der Waals surface area (Å²) < 4.78 is 6.71. The molecular formula is C46H28O. The van der Waals surface area contributed by atoms with Crippen LogP contribution in [0.3, 0.4) is 0 Å². The third-order valence-electron chi connectivity index (χ3n) is 9.82. The Kier molecular flexibility index (Phi) is 5.64. The molecule has 1 heterocycles. The summed E-state index contributed by atoms with van der Waals surface area (Å²) in [6.45, 7) is 0. The molecule has 0 bridgehead atoms. The molecule has 9 aromatic carbocycles. The summed E-state index contributed by atoms with van der Waals surface area (Å²) in [6, 6.07) is 61.5. The first-order chi connectivity index (χ1) is 23.3. The molecule has 1 nitrogen and oxygen atoms in total. The lowest BCUT2D eigenvalue weighted by molar-refractivity contribution is 0.676. The van der Waals surface area contributed by atoms with E-state index in [0.29, 0.717) is 0 Å². The predicted octanol–water partition coefficient (Wildman–Crippen LogP) is 13.2. The first-order valence-corrected chi connectivity index (χ1v) is 16.2. The van der Waals surface area contributed by atoms with E-state index in [1.165, 1.54) is 65.7 Å². The molecule has 0 aliphatic heterocycles. The zero-order valence-electron chi connectivity index (χ0n) is 25.6. The highest BCUT2D eigenvalue weighted by molar-refractivity contribution is 6.22. The van der Waals surface area contributed by atoms with Crippen molar-refractivity contribution >= 4 is 65.0 Å². The average molecular weight is 597 g/mol. The van der Waals surface area contributed by atoms with Crippen molar-refractivity contribution in [3.8, 4) is 33.4 Å². The Morgan fingerprint density at radius 3 is 1.40 bits per heavy atom. The van der Waals surface area contributed by atoms with E-state index in [1.54, 1.807) is 0 Å². The van der Waals surface area contributed by atoms with Crippen LogP contribution in [0.25, 0.3) is 98.4 Å². The highest BCUT2D eigenvalue weighted by Crippen LogP contribution is 2.44. The van der Waals surface area contributed by atoms with Crippen LogP contribution in [-0.4, -0.2) is 0 Å². The van der Waals surface area contributed by atoms with Crippen LogP contribution in [0.15, 0.2) is 174 Å². The number of benzene rings is 9. The van der Waals surface area contributed by atoms with Gasteiger partial charge in [-0.15, -0.1) is 0 Å². The minimum Gasteiger partial charge on any atom is -0.455 e. The van der Waals surface area contributed by atoms with Crippen LogP contribution in [0.2, 0.25) is 0 Å². The summed E-state index contributed by atoms with van der Waals surface area (Å²) in [7, 11) is 0. The Bertz CT molecular complexity index is 2780. The number of rotatable bonds is 3. The standard InChI is InChI=1S/C46H28O/c1-2-12-31(13-3-1)43-36-17-6-8-19-38(36)44(39-20-9-7-18-37(39)43)34-15-10-14-32(27-34)33-22-21-30-24-26-41-40-25-23-29-11-4-5-16-35(29)45(40)47-46(41)42(30)28-33/h1-28H. The Balaban J connectivity index is 1.19. The lowest BCUT2D eigenvalue weighted by Crippen LogP contribution is -1.91. The molecule has 0 spiro atoms. The number of fused-ring (bicyclic) bond motifs is 9. The van der Waals surface area contributed by atoms with E-state index in [-0.39, 0.29) is 0 Å². The number of hydrogen-bond donors (Lipinski definition) is 0. The lowest BCUT2D eigenvalue weighted by Gasteiger charge is -2.18. The van der Waals surface area contributed by atoms with Gasteiger partial charge >= 0.3 is 0 Å². The van der Waals surface area contributed by atoms with Gasteiger partial charge in [-0.1, -0.05) is 146 Å². The molecule has 10 aromatic rings. The molecule has 0 N–H and O–H groups in total. The topological polar surface area (TPSA) is 13.1 Å². The van der Waals surface area contributed by atoms with Crippen molar-refractivity contribution < 1.29 is 4.42 Å². The summed E-state index contributed by atoms with van der Waals surface area (Å²) in [5.74, 6) is 0. The van der Waals surface area contributed by atoms with Crippen LogP contribution < -0.4 is 0 Å². The van der Waals surface area contributed by atoms with Gasteiger partial charge in [0.2, 0.25) is 0 Å². The van der Waals surface area contributed by atoms with Crippen molar-refractivity contribution in [1.29, 1.82) is 0 Å². The Morgan fingerprint density at radius 2 is 0.723 bits per heavy atom. The van der Waals surface area contributed by atoms with Gasteiger partial charge in [0.1, 0.15) is 11.2 Å². The number of hydrogen-bond acceptors (Lipinski definition) is 1. The summed E-state index contributed by atoms with van der Waals surface area (Å²) in [5, 5.41) is 12.0. The van der Waals surface area contributed by atoms with Crippen LogP contribution >= 0.6 is 0 Å². The quantitative estimate of drug-likeness (QED) is 0.185. The molecule has 0 unspecified atom stereocenters. The largest absolute Gasteiger partial charge is 0.455 e. The summed E-state index contributed by atoms with van der Waals surface area (Å²) in [6.07, 6.45) is 0. The monoisotopic (exact) mass is 596 g/mol. The third kappa shape index (κ3) is 3.97. The van der Waals surface area contributed by atoms with E-state index in [1.807, 2.05) is 0 Å². The first-order valence-electron chi connectivity index (χ1n) is 16.2. The minimum absolute atomic E-state index is 0.945. The van der Waals surface area contributed by atoms with Gasteiger partial charge in [0, 0.05) is 21.5 Å². The van der Waals surface area contributed by atoms with Crippen LogP contribution in [0.4, 0.5) is 0 Å². The zero-order chi connectivity index (χ0) is 30.9. The fourth-order valence-corrected chi connectivity index (χ4v) is 7.67. The lowest BCUT2D eigenvalue weighted by atomic mass is 9.85. The van der Waals surface area contributed by atoms with Crippen LogP contribution in [0.1, 0.15) is 0 Å². The van der Waals surface area contributed by atoms with Gasteiger partial charge in [0.25, 0.3) is 0 Å². The first kappa shape index (κ1) is 26.1. The van der Waals surface area contributed by atoms with E-state index in [9.17, 15) is 0 Å². The maximum absolute atomic E-state index is 6.71. The van der Waals surface area contributed by atoms with Crippen molar-refractivity contribution in [2.24, 2.45) is 0 Å². The SMILES string of the molecule is c1ccc(-c2c3ccccc3c(-c3cccc(-c4ccc5ccc6c7ccc8ccccc8c7oc6c5c4)c3)c3ccccc23)cc1. The fourth-order valence-electron chi connectivity index (χ4n) is 7.67. The Hall–Kier alpha value is -6.18. The van der Waals surface area contributed by atoms with Crippen molar-refractivity contribution in [2.45, 2.75) is 0 Å². The highest BCUT2D eigenvalue weighted by Gasteiger charge is 2.17. The van der Waals surface area contributed by atoms with E-state index in [4.69, 9.17) is 4.42 Å². The van der Waals surface area contributed by atoms with Crippen molar-refractivity contribution in [2.75, 3.05) is 0 Å². The molecule has 0 saturated heterocycles. The summed E-state index contributed by atoms with van der Waals surface area (Å²) in [4.78, 5) is 0. The summed E-state index contributed by atoms with van der Waals surface area (Å²) in [5.41, 5.74) is 9.26. The molecule has 0 aliphatic carbocycles. The van der Waals surface area contributed by atoms with Gasteiger partial charge in [-0.25, -0.2) is 0 Å². The molecule has 218 valence electrons. The zero-order valence-corrected chi connectivity index (χ0v) is 25.6. The second-order valence-electron chi connectivity index (χ2n) is 12.4. The van der Waals surface area contributed by atoms with Crippen LogP contribution in [0.5, 0.6) is 0 Å². The van der Waals surface area contributed by atoms with E-state index < -0.39 is 0 Å². The molecule has 1 heteroatoms. The molecule has 1 aromatic heterocycles. The van der Waals surface area contributed by atoms with Gasteiger partial charge in [-0.05, 0) is 90.0 Å². The summed E-state index contributed by atoms with van der Waals surface area (Å²) >= 11 is 0. The highest BCUT2D eigenvalue weighted by atomic mass is 16.3. The number of furan rings is 1. The van der Waals surface area contributed by atoms with Gasteiger partial charge in [-0.3, -0.25) is 0 Å². The van der Waals surface area contributed by atoms with Crippen molar-refractivity contribution in [3.63, 3.8) is 0 Å². The maximum Gasteiger partial charge on any atom is 0.143 e. The fraction of sp³-hybridized carbons (Fsp3) is 0. The molecule has 0 saturated carbocycles. The van der Waals surface area contributed by atoms with Gasteiger partial charge < -0.3 is 4.42 Å². The maximum atomic E-state index is 6.71. The molecule has 0 aliphatic rings. The van der Waals surface area contributed by atoms with Crippen LogP contribution in [-0.2, 0) is 0 Å². The average Bonchev–Trinajstić information content (AvgIpc) is 3.54. The predicted molar refractivity (Wildman–Crippen MR) is 200 cm³/mol. The Labute approximate surface area is 271 Å². The minimum atomic E-state index is 0.945. The van der Waals surface area contributed by atoms with Crippen molar-refractivity contribution in [1.82, 2.24) is 0 Å². The van der Waals surface area contributed by atoms with E-state index >= 15 is 0 Å². The molecule has 0 radical (unpaired) electrons. The van der Waals surface area contributed by atoms with Gasteiger partial charge in [0.15, 0.2) is 0 Å². The molecule has 0 atom stereocenters.